The molecule has 3 fully saturated rings. The molecule has 4 nitrogen and oxygen atoms in total. The monoisotopic (exact) mass is 356 g/mol. The largest absolute Gasteiger partial charge is 0.393 e. The highest BCUT2D eigenvalue weighted by atomic mass is 16.3. The summed E-state index contributed by atoms with van der Waals surface area (Å²) in [4.78, 5) is 15.9. The molecule has 2 saturated carbocycles. The smallest absolute Gasteiger partial charge is 0.240 e. The standard InChI is InChI=1S/C22H32N2O2/c25-19-15-18(16-19)20(14-17-8-2-1-3-9-17)23-21(26)22(10-4-5-11-22)24-12-6-7-13-24/h1-3,8-9,18-20,25H,4-7,10-16H2,(H,23,26)/t18?,19?,20-/m0/s1. The van der Waals surface area contributed by atoms with Crippen LogP contribution in [0, 0.1) is 5.92 Å². The lowest BCUT2D eigenvalue weighted by Crippen LogP contribution is -2.60. The molecule has 142 valence electrons. The van der Waals surface area contributed by atoms with Crippen molar-refractivity contribution >= 4 is 5.91 Å². The molecule has 0 bridgehead atoms. The Labute approximate surface area is 157 Å². The minimum Gasteiger partial charge on any atom is -0.393 e. The minimum absolute atomic E-state index is 0.133. The Morgan fingerprint density at radius 1 is 1.12 bits per heavy atom. The molecule has 2 aliphatic carbocycles. The average molecular weight is 357 g/mol. The van der Waals surface area contributed by atoms with Gasteiger partial charge in [0.15, 0.2) is 0 Å². The number of nitrogens with zero attached hydrogens (tertiary/aromatic N) is 1. The Hall–Kier alpha value is -1.39. The first-order chi connectivity index (χ1) is 12.7. The zero-order valence-electron chi connectivity index (χ0n) is 15.7. The number of hydrogen-bond donors (Lipinski definition) is 2. The van der Waals surface area contributed by atoms with Crippen LogP contribution < -0.4 is 5.32 Å². The van der Waals surface area contributed by atoms with Crippen LogP contribution in [-0.4, -0.2) is 46.7 Å². The van der Waals surface area contributed by atoms with E-state index in [1.54, 1.807) is 0 Å². The highest BCUT2D eigenvalue weighted by molar-refractivity contribution is 5.87. The lowest BCUT2D eigenvalue weighted by Gasteiger charge is -2.42. The number of aliphatic hydroxyl groups is 1. The van der Waals surface area contributed by atoms with E-state index in [0.29, 0.717) is 5.92 Å². The summed E-state index contributed by atoms with van der Waals surface area (Å²) in [5, 5.41) is 13.2. The van der Waals surface area contributed by atoms with Crippen LogP contribution >= 0.6 is 0 Å². The van der Waals surface area contributed by atoms with Gasteiger partial charge in [-0.3, -0.25) is 9.69 Å². The fourth-order valence-electron chi connectivity index (χ4n) is 5.26. The number of hydrogen-bond acceptors (Lipinski definition) is 3. The molecule has 0 aromatic heterocycles. The fourth-order valence-corrected chi connectivity index (χ4v) is 5.26. The van der Waals surface area contributed by atoms with Gasteiger partial charge in [0.25, 0.3) is 0 Å². The topological polar surface area (TPSA) is 52.6 Å². The Kier molecular flexibility index (Phi) is 5.32. The van der Waals surface area contributed by atoms with E-state index in [1.165, 1.54) is 18.4 Å². The normalized spacial score (nSPS) is 29.3. The Morgan fingerprint density at radius 2 is 1.77 bits per heavy atom. The van der Waals surface area contributed by atoms with Gasteiger partial charge in [0.2, 0.25) is 5.91 Å². The summed E-state index contributed by atoms with van der Waals surface area (Å²) in [5.41, 5.74) is 0.995. The molecule has 1 aromatic rings. The number of benzene rings is 1. The maximum Gasteiger partial charge on any atom is 0.240 e. The highest BCUT2D eigenvalue weighted by Crippen LogP contribution is 2.39. The highest BCUT2D eigenvalue weighted by Gasteiger charge is 2.48. The van der Waals surface area contributed by atoms with E-state index in [2.05, 4.69) is 34.5 Å². The molecule has 1 amide bonds. The predicted octanol–water partition coefficient (Wildman–Crippen LogP) is 2.89. The molecule has 1 atom stereocenters. The van der Waals surface area contributed by atoms with Gasteiger partial charge in [0.1, 0.15) is 5.54 Å². The fraction of sp³-hybridized carbons (Fsp3) is 0.682. The van der Waals surface area contributed by atoms with Crippen molar-refractivity contribution in [2.24, 2.45) is 5.92 Å². The zero-order valence-corrected chi connectivity index (χ0v) is 15.7. The number of likely N-dealkylation sites (tertiary alicyclic amines) is 1. The molecule has 1 aromatic carbocycles. The molecule has 1 aliphatic heterocycles. The van der Waals surface area contributed by atoms with E-state index in [4.69, 9.17) is 0 Å². The van der Waals surface area contributed by atoms with E-state index in [-0.39, 0.29) is 23.6 Å². The summed E-state index contributed by atoms with van der Waals surface area (Å²) in [6, 6.07) is 10.6. The summed E-state index contributed by atoms with van der Waals surface area (Å²) in [5.74, 6) is 0.644. The molecule has 4 heteroatoms. The summed E-state index contributed by atoms with van der Waals surface area (Å²) in [6.45, 7) is 2.14. The van der Waals surface area contributed by atoms with Gasteiger partial charge < -0.3 is 10.4 Å². The van der Waals surface area contributed by atoms with Crippen molar-refractivity contribution in [1.82, 2.24) is 10.2 Å². The number of carbonyl (C=O) groups is 1. The zero-order chi connectivity index (χ0) is 18.0. The van der Waals surface area contributed by atoms with Gasteiger partial charge in [0, 0.05) is 6.04 Å². The van der Waals surface area contributed by atoms with Crippen molar-refractivity contribution in [1.29, 1.82) is 0 Å². The van der Waals surface area contributed by atoms with Crippen molar-refractivity contribution in [3.8, 4) is 0 Å². The molecule has 1 heterocycles. The summed E-state index contributed by atoms with van der Waals surface area (Å²) in [6.07, 6.45) is 9.07. The van der Waals surface area contributed by atoms with Gasteiger partial charge in [0.05, 0.1) is 6.10 Å². The van der Waals surface area contributed by atoms with Crippen molar-refractivity contribution in [2.75, 3.05) is 13.1 Å². The lowest BCUT2D eigenvalue weighted by atomic mass is 9.75. The quantitative estimate of drug-likeness (QED) is 0.824. The molecule has 26 heavy (non-hydrogen) atoms. The molecule has 0 spiro atoms. The predicted molar refractivity (Wildman–Crippen MR) is 103 cm³/mol. The SMILES string of the molecule is O=C(N[C@@H](Cc1ccccc1)C1CC(O)C1)C1(N2CCCC2)CCCC1. The van der Waals surface area contributed by atoms with Crippen molar-refractivity contribution < 1.29 is 9.90 Å². The van der Waals surface area contributed by atoms with Crippen molar-refractivity contribution in [2.45, 2.75) is 75.5 Å². The van der Waals surface area contributed by atoms with Crippen LogP contribution in [0.15, 0.2) is 30.3 Å². The number of amides is 1. The van der Waals surface area contributed by atoms with Crippen LogP contribution in [0.5, 0.6) is 0 Å². The van der Waals surface area contributed by atoms with Gasteiger partial charge in [-0.15, -0.1) is 0 Å². The molecule has 0 unspecified atom stereocenters. The van der Waals surface area contributed by atoms with Crippen LogP contribution in [0.3, 0.4) is 0 Å². The summed E-state index contributed by atoms with van der Waals surface area (Å²) >= 11 is 0. The van der Waals surface area contributed by atoms with Gasteiger partial charge in [-0.25, -0.2) is 0 Å². The van der Waals surface area contributed by atoms with E-state index in [9.17, 15) is 9.90 Å². The number of aliphatic hydroxyl groups excluding tert-OH is 1. The second-order valence-corrected chi connectivity index (χ2v) is 8.59. The molecule has 0 radical (unpaired) electrons. The van der Waals surface area contributed by atoms with E-state index < -0.39 is 0 Å². The Morgan fingerprint density at radius 3 is 2.38 bits per heavy atom. The van der Waals surface area contributed by atoms with E-state index in [0.717, 1.165) is 58.0 Å². The molecule has 1 saturated heterocycles. The summed E-state index contributed by atoms with van der Waals surface area (Å²) < 4.78 is 0. The van der Waals surface area contributed by atoms with Crippen LogP contribution in [-0.2, 0) is 11.2 Å². The van der Waals surface area contributed by atoms with Gasteiger partial charge in [-0.2, -0.15) is 0 Å². The second-order valence-electron chi connectivity index (χ2n) is 8.59. The van der Waals surface area contributed by atoms with Gasteiger partial charge in [-0.05, 0) is 69.5 Å². The minimum atomic E-state index is -0.270. The first-order valence-electron chi connectivity index (χ1n) is 10.5. The second kappa shape index (κ2) is 7.69. The number of carbonyl (C=O) groups excluding carboxylic acids is 1. The van der Waals surface area contributed by atoms with E-state index in [1.807, 2.05) is 6.07 Å². The van der Waals surface area contributed by atoms with Crippen LogP contribution in [0.1, 0.15) is 56.9 Å². The third-order valence-corrected chi connectivity index (χ3v) is 6.90. The Balaban J connectivity index is 1.49. The molecule has 4 rings (SSSR count). The number of rotatable bonds is 6. The van der Waals surface area contributed by atoms with Crippen LogP contribution in [0.2, 0.25) is 0 Å². The Bertz CT molecular complexity index is 600. The van der Waals surface area contributed by atoms with Crippen LogP contribution in [0.25, 0.3) is 0 Å². The van der Waals surface area contributed by atoms with Gasteiger partial charge in [-0.1, -0.05) is 43.2 Å². The number of nitrogens with one attached hydrogen (secondary N) is 1. The lowest BCUT2D eigenvalue weighted by molar-refractivity contribution is -0.134. The first-order valence-corrected chi connectivity index (χ1v) is 10.5. The first kappa shape index (κ1) is 18.0. The summed E-state index contributed by atoms with van der Waals surface area (Å²) in [7, 11) is 0. The molecule has 3 aliphatic rings. The average Bonchev–Trinajstić information content (AvgIpc) is 3.31. The third kappa shape index (κ3) is 3.54. The third-order valence-electron chi connectivity index (χ3n) is 6.90. The van der Waals surface area contributed by atoms with Crippen molar-refractivity contribution in [3.63, 3.8) is 0 Å². The maximum atomic E-state index is 13.5. The van der Waals surface area contributed by atoms with Crippen molar-refractivity contribution in [3.05, 3.63) is 35.9 Å². The van der Waals surface area contributed by atoms with Gasteiger partial charge >= 0.3 is 0 Å². The molecule has 2 N–H and O–H groups in total. The molecular weight excluding hydrogens is 324 g/mol. The van der Waals surface area contributed by atoms with E-state index >= 15 is 0 Å². The van der Waals surface area contributed by atoms with Crippen LogP contribution in [0.4, 0.5) is 0 Å². The maximum absolute atomic E-state index is 13.5. The molecular formula is C22H32N2O2.